The molecule has 2 aromatic carbocycles. The number of ether oxygens (including phenoxy) is 1. The van der Waals surface area contributed by atoms with Gasteiger partial charge in [-0.05, 0) is 49.7 Å². The fourth-order valence-corrected chi connectivity index (χ4v) is 3.38. The molecule has 122 valence electrons. The van der Waals surface area contributed by atoms with Crippen LogP contribution in [0.2, 0.25) is 0 Å². The lowest BCUT2D eigenvalue weighted by atomic mass is 10.2. The van der Waals surface area contributed by atoms with Crippen molar-refractivity contribution in [1.29, 1.82) is 0 Å². The lowest BCUT2D eigenvalue weighted by molar-refractivity contribution is -0.113. The zero-order valence-electron chi connectivity index (χ0n) is 12.5. The van der Waals surface area contributed by atoms with E-state index in [4.69, 9.17) is 8.92 Å². The highest BCUT2D eigenvalue weighted by Crippen LogP contribution is 2.27. The Hall–Kier alpha value is -1.86. The smallest absolute Gasteiger partial charge is 0.339 e. The fourth-order valence-electron chi connectivity index (χ4n) is 1.87. The second-order valence-corrected chi connectivity index (χ2v) is 7.40. The van der Waals surface area contributed by atoms with Gasteiger partial charge < -0.3 is 8.92 Å². The maximum atomic E-state index is 12.3. The van der Waals surface area contributed by atoms with Crippen LogP contribution in [0.4, 0.5) is 0 Å². The van der Waals surface area contributed by atoms with E-state index in [1.54, 1.807) is 38.1 Å². The van der Waals surface area contributed by atoms with Gasteiger partial charge in [0.15, 0.2) is 12.4 Å². The monoisotopic (exact) mass is 398 g/mol. The average Bonchev–Trinajstić information content (AvgIpc) is 2.46. The van der Waals surface area contributed by atoms with Crippen LogP contribution in [-0.2, 0) is 14.9 Å². The lowest BCUT2D eigenvalue weighted by Gasteiger charge is -2.12. The van der Waals surface area contributed by atoms with Gasteiger partial charge in [0.05, 0.1) is 0 Å². The molecular weight excluding hydrogens is 384 g/mol. The first-order chi connectivity index (χ1) is 10.8. The molecule has 0 aliphatic carbocycles. The van der Waals surface area contributed by atoms with Crippen LogP contribution in [0.5, 0.6) is 11.5 Å². The van der Waals surface area contributed by atoms with Crippen molar-refractivity contribution in [2.45, 2.75) is 24.8 Å². The molecule has 0 saturated carbocycles. The quantitative estimate of drug-likeness (QED) is 0.550. The van der Waals surface area contributed by atoms with Gasteiger partial charge >= 0.3 is 10.1 Å². The van der Waals surface area contributed by atoms with Crippen molar-refractivity contribution in [3.63, 3.8) is 0 Å². The summed E-state index contributed by atoms with van der Waals surface area (Å²) in [6, 6.07) is 10.9. The number of aryl methyl sites for hydroxylation is 1. The Bertz CT molecular complexity index is 817. The van der Waals surface area contributed by atoms with Gasteiger partial charge in [-0.2, -0.15) is 8.42 Å². The SMILES string of the molecule is Cc1cc(OC(C)C=O)cc(OS(=O)(=O)c2cccc(Br)c2)c1. The van der Waals surface area contributed by atoms with Gasteiger partial charge in [0, 0.05) is 10.5 Å². The first kappa shape index (κ1) is 17.5. The van der Waals surface area contributed by atoms with E-state index < -0.39 is 16.2 Å². The van der Waals surface area contributed by atoms with Gasteiger partial charge in [0.2, 0.25) is 0 Å². The predicted molar refractivity (Wildman–Crippen MR) is 89.3 cm³/mol. The van der Waals surface area contributed by atoms with Gasteiger partial charge in [0.1, 0.15) is 16.4 Å². The standard InChI is InChI=1S/C16H15BrO5S/c1-11-6-14(21-12(2)10-18)9-15(7-11)22-23(19,20)16-5-3-4-13(17)8-16/h3-10,12H,1-2H3. The minimum Gasteiger partial charge on any atom is -0.483 e. The van der Waals surface area contributed by atoms with E-state index >= 15 is 0 Å². The zero-order valence-corrected chi connectivity index (χ0v) is 14.9. The third-order valence-corrected chi connectivity index (χ3v) is 4.57. The first-order valence-corrected chi connectivity index (χ1v) is 8.94. The van der Waals surface area contributed by atoms with Crippen molar-refractivity contribution >= 4 is 32.3 Å². The molecule has 2 rings (SSSR count). The molecule has 0 heterocycles. The van der Waals surface area contributed by atoms with Crippen LogP contribution in [0.25, 0.3) is 0 Å². The third-order valence-electron chi connectivity index (χ3n) is 2.83. The number of rotatable bonds is 6. The molecule has 0 aliphatic rings. The van der Waals surface area contributed by atoms with E-state index in [-0.39, 0.29) is 10.6 Å². The normalized spacial score (nSPS) is 12.5. The Labute approximate surface area is 143 Å². The van der Waals surface area contributed by atoms with Crippen molar-refractivity contribution in [2.75, 3.05) is 0 Å². The van der Waals surface area contributed by atoms with Gasteiger partial charge in [-0.3, -0.25) is 4.79 Å². The molecule has 23 heavy (non-hydrogen) atoms. The van der Waals surface area contributed by atoms with Crippen LogP contribution >= 0.6 is 15.9 Å². The molecule has 7 heteroatoms. The predicted octanol–water partition coefficient (Wildman–Crippen LogP) is 3.49. The summed E-state index contributed by atoms with van der Waals surface area (Å²) in [5.74, 6) is 0.488. The average molecular weight is 399 g/mol. The van der Waals surface area contributed by atoms with Crippen LogP contribution < -0.4 is 8.92 Å². The van der Waals surface area contributed by atoms with Crippen LogP contribution in [-0.4, -0.2) is 20.8 Å². The molecule has 0 bridgehead atoms. The first-order valence-electron chi connectivity index (χ1n) is 6.74. The second kappa shape index (κ2) is 7.14. The minimum atomic E-state index is -3.96. The maximum Gasteiger partial charge on any atom is 0.339 e. The zero-order chi connectivity index (χ0) is 17.0. The summed E-state index contributed by atoms with van der Waals surface area (Å²) in [6.45, 7) is 3.37. The molecule has 0 fully saturated rings. The molecule has 1 atom stereocenters. The van der Waals surface area contributed by atoms with Gasteiger partial charge in [-0.1, -0.05) is 22.0 Å². The molecule has 0 amide bonds. The molecule has 0 N–H and O–H groups in total. The summed E-state index contributed by atoms with van der Waals surface area (Å²) in [7, 11) is -3.96. The van der Waals surface area contributed by atoms with Crippen molar-refractivity contribution in [3.8, 4) is 11.5 Å². The molecule has 1 unspecified atom stereocenters. The summed E-state index contributed by atoms with van der Waals surface area (Å²) >= 11 is 3.23. The molecule has 0 radical (unpaired) electrons. The van der Waals surface area contributed by atoms with E-state index in [0.717, 1.165) is 5.56 Å². The van der Waals surface area contributed by atoms with Crippen molar-refractivity contribution in [1.82, 2.24) is 0 Å². The van der Waals surface area contributed by atoms with Crippen LogP contribution in [0.1, 0.15) is 12.5 Å². The topological polar surface area (TPSA) is 69.7 Å². The minimum absolute atomic E-state index is 0.0390. The second-order valence-electron chi connectivity index (χ2n) is 4.94. The molecule has 0 aromatic heterocycles. The third kappa shape index (κ3) is 4.80. The number of carbonyl (C=O) groups excluding carboxylic acids is 1. The largest absolute Gasteiger partial charge is 0.483 e. The Kier molecular flexibility index (Phi) is 5.43. The van der Waals surface area contributed by atoms with E-state index in [9.17, 15) is 13.2 Å². The van der Waals surface area contributed by atoms with Gasteiger partial charge in [-0.25, -0.2) is 0 Å². The Morgan fingerprint density at radius 2 is 1.83 bits per heavy atom. The van der Waals surface area contributed by atoms with Crippen LogP contribution in [0.15, 0.2) is 51.8 Å². The number of aldehydes is 1. The van der Waals surface area contributed by atoms with E-state index in [0.29, 0.717) is 16.5 Å². The summed E-state index contributed by atoms with van der Waals surface area (Å²) in [5, 5.41) is 0. The van der Waals surface area contributed by atoms with Crippen LogP contribution in [0, 0.1) is 6.92 Å². The molecule has 0 saturated heterocycles. The number of halogens is 1. The number of hydrogen-bond acceptors (Lipinski definition) is 5. The highest BCUT2D eigenvalue weighted by atomic mass is 79.9. The van der Waals surface area contributed by atoms with Gasteiger partial charge in [0.25, 0.3) is 0 Å². The lowest BCUT2D eigenvalue weighted by Crippen LogP contribution is -2.13. The molecule has 0 aliphatic heterocycles. The molecule has 2 aromatic rings. The van der Waals surface area contributed by atoms with E-state index in [1.807, 2.05) is 0 Å². The van der Waals surface area contributed by atoms with E-state index in [2.05, 4.69) is 15.9 Å². The number of hydrogen-bond donors (Lipinski definition) is 0. The maximum absolute atomic E-state index is 12.3. The molecule has 0 spiro atoms. The Balaban J connectivity index is 2.30. The highest BCUT2D eigenvalue weighted by Gasteiger charge is 2.18. The summed E-state index contributed by atoms with van der Waals surface area (Å²) < 4.78 is 35.8. The van der Waals surface area contributed by atoms with Crippen molar-refractivity contribution < 1.29 is 22.1 Å². The fraction of sp³-hybridized carbons (Fsp3) is 0.188. The highest BCUT2D eigenvalue weighted by molar-refractivity contribution is 9.10. The number of carbonyl (C=O) groups is 1. The van der Waals surface area contributed by atoms with Crippen molar-refractivity contribution in [2.24, 2.45) is 0 Å². The van der Waals surface area contributed by atoms with E-state index in [1.165, 1.54) is 18.2 Å². The Morgan fingerprint density at radius 3 is 2.48 bits per heavy atom. The molecular formula is C16H15BrO5S. The van der Waals surface area contributed by atoms with Gasteiger partial charge in [-0.15, -0.1) is 0 Å². The summed E-state index contributed by atoms with van der Waals surface area (Å²) in [6.07, 6.45) is 0.0208. The summed E-state index contributed by atoms with van der Waals surface area (Å²) in [5.41, 5.74) is 0.750. The number of benzene rings is 2. The Morgan fingerprint density at radius 1 is 1.13 bits per heavy atom. The van der Waals surface area contributed by atoms with Crippen LogP contribution in [0.3, 0.4) is 0 Å². The van der Waals surface area contributed by atoms with Crippen molar-refractivity contribution in [3.05, 3.63) is 52.5 Å². The summed E-state index contributed by atoms with van der Waals surface area (Å²) in [4.78, 5) is 10.7. The molecule has 5 nitrogen and oxygen atoms in total.